The Hall–Kier alpha value is -1.49. The molecule has 0 radical (unpaired) electrons. The van der Waals surface area contributed by atoms with E-state index in [0.29, 0.717) is 0 Å². The van der Waals surface area contributed by atoms with Crippen LogP contribution < -0.4 is 10.9 Å². The molecule has 0 aliphatic carbocycles. The topological polar surface area (TPSA) is 62.0 Å². The normalized spacial score (nSPS) is 10.3. The summed E-state index contributed by atoms with van der Waals surface area (Å²) in [5.41, 5.74) is -0.418. The summed E-state index contributed by atoms with van der Waals surface area (Å²) < 4.78 is 0. The van der Waals surface area contributed by atoms with Crippen LogP contribution in [0.5, 0.6) is 0 Å². The van der Waals surface area contributed by atoms with Gasteiger partial charge in [-0.3, -0.25) is 9.59 Å². The first kappa shape index (κ1) is 13.9. The highest BCUT2D eigenvalue weighted by Crippen LogP contribution is 2.29. The molecule has 0 saturated heterocycles. The van der Waals surface area contributed by atoms with E-state index in [1.807, 2.05) is 0 Å². The maximum absolute atomic E-state index is 12.0. The molecule has 0 saturated carbocycles. The number of hydrogen-bond donors (Lipinski definition) is 2. The van der Waals surface area contributed by atoms with E-state index in [-0.39, 0.29) is 26.4 Å². The number of halogens is 3. The third kappa shape index (κ3) is 3.10. The maximum Gasteiger partial charge on any atom is 0.261 e. The Kier molecular flexibility index (Phi) is 4.14. The van der Waals surface area contributed by atoms with Gasteiger partial charge < -0.3 is 10.3 Å². The summed E-state index contributed by atoms with van der Waals surface area (Å²) in [7, 11) is 0. The molecule has 0 atom stereocenters. The summed E-state index contributed by atoms with van der Waals surface area (Å²) in [5.74, 6) is -0.618. The van der Waals surface area contributed by atoms with Crippen LogP contribution in [0.4, 0.5) is 5.69 Å². The first-order valence-electron chi connectivity index (χ1n) is 5.13. The van der Waals surface area contributed by atoms with Gasteiger partial charge in [0.1, 0.15) is 10.7 Å². The van der Waals surface area contributed by atoms with Crippen molar-refractivity contribution in [2.24, 2.45) is 0 Å². The zero-order valence-corrected chi connectivity index (χ0v) is 11.6. The molecule has 0 unspecified atom stereocenters. The van der Waals surface area contributed by atoms with E-state index in [2.05, 4.69) is 10.3 Å². The number of anilines is 1. The smallest absolute Gasteiger partial charge is 0.261 e. The minimum atomic E-state index is -0.618. The van der Waals surface area contributed by atoms with Gasteiger partial charge in [0.2, 0.25) is 0 Å². The van der Waals surface area contributed by atoms with Crippen molar-refractivity contribution in [2.75, 3.05) is 5.32 Å². The average molecular weight is 318 g/mol. The molecule has 0 bridgehead atoms. The van der Waals surface area contributed by atoms with Crippen LogP contribution in [0.3, 0.4) is 0 Å². The van der Waals surface area contributed by atoms with Crippen molar-refractivity contribution in [3.05, 3.63) is 61.4 Å². The lowest BCUT2D eigenvalue weighted by atomic mass is 10.2. The highest BCUT2D eigenvalue weighted by atomic mass is 35.5. The third-order valence-electron chi connectivity index (χ3n) is 2.32. The summed E-state index contributed by atoms with van der Waals surface area (Å²) >= 11 is 17.4. The number of benzene rings is 1. The van der Waals surface area contributed by atoms with Crippen LogP contribution in [0, 0.1) is 0 Å². The molecule has 2 N–H and O–H groups in total. The zero-order chi connectivity index (χ0) is 14.0. The lowest BCUT2D eigenvalue weighted by Gasteiger charge is -2.08. The number of hydrogen-bond acceptors (Lipinski definition) is 2. The lowest BCUT2D eigenvalue weighted by molar-refractivity contribution is 0.102. The second kappa shape index (κ2) is 5.65. The molecule has 0 aliphatic rings. The molecule has 98 valence electrons. The molecular formula is C12H7Cl3N2O2. The Morgan fingerprint density at radius 1 is 1.05 bits per heavy atom. The van der Waals surface area contributed by atoms with E-state index in [1.165, 1.54) is 12.1 Å². The maximum atomic E-state index is 12.0. The number of pyridine rings is 1. The Balaban J connectivity index is 2.34. The van der Waals surface area contributed by atoms with Crippen LogP contribution in [0.2, 0.25) is 15.2 Å². The molecule has 2 rings (SSSR count). The van der Waals surface area contributed by atoms with Gasteiger partial charge in [-0.1, -0.05) is 40.9 Å². The number of H-pyrrole nitrogens is 1. The van der Waals surface area contributed by atoms with Gasteiger partial charge in [0, 0.05) is 0 Å². The van der Waals surface area contributed by atoms with Gasteiger partial charge in [0.05, 0.1) is 15.7 Å². The fourth-order valence-corrected chi connectivity index (χ4v) is 2.07. The van der Waals surface area contributed by atoms with Crippen LogP contribution >= 0.6 is 34.8 Å². The monoisotopic (exact) mass is 316 g/mol. The Bertz CT molecular complexity index is 677. The molecule has 1 aromatic carbocycles. The summed E-state index contributed by atoms with van der Waals surface area (Å²) in [6, 6.07) is 7.53. The van der Waals surface area contributed by atoms with Gasteiger partial charge in [-0.2, -0.15) is 0 Å². The first-order valence-corrected chi connectivity index (χ1v) is 6.26. The molecule has 1 heterocycles. The van der Waals surface area contributed by atoms with Crippen molar-refractivity contribution in [3.8, 4) is 0 Å². The van der Waals surface area contributed by atoms with E-state index in [4.69, 9.17) is 34.8 Å². The van der Waals surface area contributed by atoms with E-state index in [0.717, 1.165) is 0 Å². The largest absolute Gasteiger partial charge is 0.319 e. The Labute approximate surface area is 123 Å². The van der Waals surface area contributed by atoms with E-state index in [9.17, 15) is 9.59 Å². The second-order valence-corrected chi connectivity index (χ2v) is 4.82. The number of carbonyl (C=O) groups excluding carboxylic acids is 1. The van der Waals surface area contributed by atoms with Gasteiger partial charge in [0.25, 0.3) is 11.5 Å². The highest BCUT2D eigenvalue weighted by Gasteiger charge is 2.14. The molecule has 4 nitrogen and oxygen atoms in total. The highest BCUT2D eigenvalue weighted by molar-refractivity contribution is 6.40. The molecule has 2 aromatic rings. The van der Waals surface area contributed by atoms with Gasteiger partial charge in [-0.05, 0) is 24.3 Å². The minimum absolute atomic E-state index is 0.0830. The van der Waals surface area contributed by atoms with Crippen molar-refractivity contribution in [1.29, 1.82) is 0 Å². The standard InChI is InChI=1S/C12H7Cl3N2O2/c13-7-2-1-3-8(14)10(7)17-12(19)6-4-5-9(15)16-11(6)18/h1-5H,(H,16,18)(H,17,19). The number of rotatable bonds is 2. The van der Waals surface area contributed by atoms with Crippen molar-refractivity contribution in [3.63, 3.8) is 0 Å². The Morgan fingerprint density at radius 3 is 2.26 bits per heavy atom. The molecule has 0 fully saturated rings. The fraction of sp³-hybridized carbons (Fsp3) is 0. The molecule has 0 spiro atoms. The van der Waals surface area contributed by atoms with Crippen LogP contribution in [-0.4, -0.2) is 10.9 Å². The number of nitrogens with one attached hydrogen (secondary N) is 2. The quantitative estimate of drug-likeness (QED) is 0.832. The number of aromatic amines is 1. The van der Waals surface area contributed by atoms with Gasteiger partial charge in [-0.25, -0.2) is 0 Å². The summed E-state index contributed by atoms with van der Waals surface area (Å²) in [4.78, 5) is 25.9. The molecule has 1 aromatic heterocycles. The fourth-order valence-electron chi connectivity index (χ4n) is 1.43. The zero-order valence-electron chi connectivity index (χ0n) is 9.34. The van der Waals surface area contributed by atoms with Crippen LogP contribution in [0.25, 0.3) is 0 Å². The molecule has 1 amide bonds. The average Bonchev–Trinajstić information content (AvgIpc) is 2.33. The van der Waals surface area contributed by atoms with Crippen molar-refractivity contribution in [2.45, 2.75) is 0 Å². The van der Waals surface area contributed by atoms with Gasteiger partial charge in [-0.15, -0.1) is 0 Å². The van der Waals surface area contributed by atoms with Crippen LogP contribution in [-0.2, 0) is 0 Å². The number of para-hydroxylation sites is 1. The molecule has 0 aliphatic heterocycles. The third-order valence-corrected chi connectivity index (χ3v) is 3.17. The molecule has 19 heavy (non-hydrogen) atoms. The molecular weight excluding hydrogens is 311 g/mol. The number of amides is 1. The summed E-state index contributed by atoms with van der Waals surface area (Å²) in [6.07, 6.45) is 0. The number of aromatic nitrogens is 1. The summed E-state index contributed by atoms with van der Waals surface area (Å²) in [5, 5.41) is 3.21. The summed E-state index contributed by atoms with van der Waals surface area (Å²) in [6.45, 7) is 0. The van der Waals surface area contributed by atoms with Gasteiger partial charge in [0.15, 0.2) is 0 Å². The van der Waals surface area contributed by atoms with Crippen molar-refractivity contribution < 1.29 is 4.79 Å². The van der Waals surface area contributed by atoms with E-state index >= 15 is 0 Å². The minimum Gasteiger partial charge on any atom is -0.319 e. The van der Waals surface area contributed by atoms with Gasteiger partial charge >= 0.3 is 0 Å². The van der Waals surface area contributed by atoms with Crippen molar-refractivity contribution in [1.82, 2.24) is 4.98 Å². The predicted octanol–water partition coefficient (Wildman–Crippen LogP) is 3.59. The SMILES string of the molecule is O=C(Nc1c(Cl)cccc1Cl)c1ccc(Cl)[nH]c1=O. The van der Waals surface area contributed by atoms with E-state index < -0.39 is 11.5 Å². The molecule has 7 heteroatoms. The Morgan fingerprint density at radius 2 is 1.68 bits per heavy atom. The first-order chi connectivity index (χ1) is 8.99. The van der Waals surface area contributed by atoms with Crippen molar-refractivity contribution >= 4 is 46.4 Å². The predicted molar refractivity (Wildman–Crippen MR) is 76.5 cm³/mol. The number of carbonyl (C=O) groups is 1. The lowest BCUT2D eigenvalue weighted by Crippen LogP contribution is -2.23. The van der Waals surface area contributed by atoms with Crippen LogP contribution in [0.1, 0.15) is 10.4 Å². The second-order valence-electron chi connectivity index (χ2n) is 3.60. The van der Waals surface area contributed by atoms with E-state index in [1.54, 1.807) is 18.2 Å². The van der Waals surface area contributed by atoms with Crippen LogP contribution in [0.15, 0.2) is 35.1 Å².